The van der Waals surface area contributed by atoms with Gasteiger partial charge in [-0.15, -0.1) is 0 Å². The Morgan fingerprint density at radius 1 is 0.957 bits per heavy atom. The Hall–Kier alpha value is -5.00. The van der Waals surface area contributed by atoms with Gasteiger partial charge in [0.2, 0.25) is 23.6 Å². The highest BCUT2D eigenvalue weighted by Crippen LogP contribution is 2.26. The van der Waals surface area contributed by atoms with Crippen LogP contribution in [0.2, 0.25) is 0 Å². The van der Waals surface area contributed by atoms with E-state index in [0.717, 1.165) is 22.4 Å². The number of carbonyl (C=O) groups excluding carboxylic acids is 5. The lowest BCUT2D eigenvalue weighted by Gasteiger charge is -2.30. The fraction of sp³-hybridized carbons (Fsp3) is 0.400. The van der Waals surface area contributed by atoms with E-state index in [1.165, 1.54) is 35.9 Å². The molecule has 1 saturated heterocycles. The molecule has 2 N–H and O–H groups in total. The van der Waals surface area contributed by atoms with E-state index < -0.39 is 29.7 Å². The van der Waals surface area contributed by atoms with Crippen LogP contribution < -0.4 is 15.4 Å². The van der Waals surface area contributed by atoms with Gasteiger partial charge < -0.3 is 30.1 Å². The van der Waals surface area contributed by atoms with Crippen molar-refractivity contribution in [3.8, 4) is 5.75 Å². The number of hydrogen-bond acceptors (Lipinski definition) is 6. The van der Waals surface area contributed by atoms with Crippen LogP contribution in [-0.2, 0) is 25.7 Å². The Morgan fingerprint density at radius 3 is 2.49 bits per heavy atom. The number of hydrogen-bond donors (Lipinski definition) is 2. The number of rotatable bonds is 4. The van der Waals surface area contributed by atoms with Crippen LogP contribution >= 0.6 is 0 Å². The maximum atomic E-state index is 14.5. The summed E-state index contributed by atoms with van der Waals surface area (Å²) in [4.78, 5) is 70.1. The number of nitrogens with zero attached hydrogens (tertiary/aromatic N) is 3. The van der Waals surface area contributed by atoms with Crippen LogP contribution in [-0.4, -0.2) is 96.2 Å². The van der Waals surface area contributed by atoms with Crippen molar-refractivity contribution in [2.24, 2.45) is 0 Å². The molecule has 11 nitrogen and oxygen atoms in total. The number of halogens is 1. The molecule has 0 saturated carbocycles. The number of carbonyl (C=O) groups is 5. The van der Waals surface area contributed by atoms with Gasteiger partial charge in [-0.05, 0) is 53.4 Å². The molecule has 0 spiro atoms. The lowest BCUT2D eigenvalue weighted by Crippen LogP contribution is -2.48. The Labute approximate surface area is 273 Å². The number of benzene rings is 3. The highest BCUT2D eigenvalue weighted by molar-refractivity contribution is 5.99. The van der Waals surface area contributed by atoms with Gasteiger partial charge in [-0.3, -0.25) is 24.0 Å². The molecule has 12 heteroatoms. The lowest BCUT2D eigenvalue weighted by molar-refractivity contribution is -0.135. The SMILES string of the molecule is CC(=O)N[C@@H]1C[C@H]2COc3ccc(F)cc3C(=O)N(C)[C@H](C(=O)NCc3ccc4ccccc4c3)CCC(=O)N(C)CCC(=O)N2C1. The van der Waals surface area contributed by atoms with Crippen molar-refractivity contribution >= 4 is 40.3 Å². The molecule has 0 aromatic heterocycles. The smallest absolute Gasteiger partial charge is 0.258 e. The number of nitrogens with one attached hydrogen (secondary N) is 2. The van der Waals surface area contributed by atoms with Crippen LogP contribution in [0.1, 0.15) is 48.5 Å². The summed E-state index contributed by atoms with van der Waals surface area (Å²) in [5, 5.41) is 7.84. The zero-order chi connectivity index (χ0) is 33.7. The largest absolute Gasteiger partial charge is 0.491 e. The summed E-state index contributed by atoms with van der Waals surface area (Å²) >= 11 is 0. The van der Waals surface area contributed by atoms with Crippen molar-refractivity contribution in [3.05, 3.63) is 77.6 Å². The second kappa shape index (κ2) is 14.6. The summed E-state index contributed by atoms with van der Waals surface area (Å²) in [6.07, 6.45) is 0.409. The topological polar surface area (TPSA) is 128 Å². The molecule has 2 aliphatic heterocycles. The summed E-state index contributed by atoms with van der Waals surface area (Å²) in [6.45, 7) is 2.02. The van der Waals surface area contributed by atoms with Gasteiger partial charge in [0.25, 0.3) is 5.91 Å². The molecule has 0 aliphatic carbocycles. The van der Waals surface area contributed by atoms with Gasteiger partial charge >= 0.3 is 0 Å². The monoisotopic (exact) mass is 645 g/mol. The molecular formula is C35H40FN5O6. The molecule has 2 heterocycles. The van der Waals surface area contributed by atoms with Crippen molar-refractivity contribution in [2.45, 2.75) is 57.3 Å². The molecule has 5 amide bonds. The average Bonchev–Trinajstić information content (AvgIpc) is 3.46. The zero-order valence-corrected chi connectivity index (χ0v) is 26.8. The minimum Gasteiger partial charge on any atom is -0.491 e. The summed E-state index contributed by atoms with van der Waals surface area (Å²) < 4.78 is 20.6. The number of amides is 5. The van der Waals surface area contributed by atoms with Crippen LogP contribution in [0.4, 0.5) is 4.39 Å². The van der Waals surface area contributed by atoms with E-state index in [4.69, 9.17) is 4.74 Å². The first-order valence-corrected chi connectivity index (χ1v) is 15.8. The third-order valence-corrected chi connectivity index (χ3v) is 8.84. The normalized spacial score (nSPS) is 21.2. The van der Waals surface area contributed by atoms with Crippen LogP contribution in [0, 0.1) is 5.82 Å². The highest BCUT2D eigenvalue weighted by Gasteiger charge is 2.37. The van der Waals surface area contributed by atoms with E-state index in [-0.39, 0.29) is 80.6 Å². The third-order valence-electron chi connectivity index (χ3n) is 8.84. The summed E-state index contributed by atoms with van der Waals surface area (Å²) in [5.74, 6) is -2.42. The van der Waals surface area contributed by atoms with Gasteiger partial charge in [0.1, 0.15) is 24.2 Å². The molecule has 2 aliphatic rings. The molecular weight excluding hydrogens is 605 g/mol. The maximum Gasteiger partial charge on any atom is 0.258 e. The van der Waals surface area contributed by atoms with Gasteiger partial charge in [0.15, 0.2) is 0 Å². The molecule has 3 aromatic carbocycles. The van der Waals surface area contributed by atoms with Crippen LogP contribution in [0.5, 0.6) is 5.75 Å². The van der Waals surface area contributed by atoms with Gasteiger partial charge in [-0.2, -0.15) is 0 Å². The quantitative estimate of drug-likeness (QED) is 0.449. The molecule has 0 bridgehead atoms. The third kappa shape index (κ3) is 8.05. The molecule has 47 heavy (non-hydrogen) atoms. The first-order valence-electron chi connectivity index (χ1n) is 15.8. The van der Waals surface area contributed by atoms with Crippen molar-refractivity contribution < 1.29 is 33.1 Å². The minimum atomic E-state index is -1.06. The first-order chi connectivity index (χ1) is 22.5. The average molecular weight is 646 g/mol. The maximum absolute atomic E-state index is 14.5. The van der Waals surface area contributed by atoms with Gasteiger partial charge in [0, 0.05) is 59.5 Å². The van der Waals surface area contributed by atoms with Crippen molar-refractivity contribution in [1.29, 1.82) is 0 Å². The molecule has 5 rings (SSSR count). The van der Waals surface area contributed by atoms with Crippen LogP contribution in [0.3, 0.4) is 0 Å². The van der Waals surface area contributed by atoms with Gasteiger partial charge in [-0.1, -0.05) is 36.4 Å². The highest BCUT2D eigenvalue weighted by atomic mass is 19.1. The fourth-order valence-electron chi connectivity index (χ4n) is 6.22. The van der Waals surface area contributed by atoms with Crippen molar-refractivity contribution in [2.75, 3.05) is 33.8 Å². The van der Waals surface area contributed by atoms with E-state index in [2.05, 4.69) is 10.6 Å². The van der Waals surface area contributed by atoms with Crippen LogP contribution in [0.15, 0.2) is 60.7 Å². The van der Waals surface area contributed by atoms with E-state index >= 15 is 0 Å². The molecule has 0 radical (unpaired) electrons. The number of likely N-dealkylation sites (N-methyl/N-ethyl adjacent to an activating group) is 1. The lowest BCUT2D eigenvalue weighted by atomic mass is 10.0. The molecule has 248 valence electrons. The predicted octanol–water partition coefficient (Wildman–Crippen LogP) is 2.86. The van der Waals surface area contributed by atoms with Crippen LogP contribution in [0.25, 0.3) is 10.8 Å². The zero-order valence-electron chi connectivity index (χ0n) is 26.8. The van der Waals surface area contributed by atoms with Crippen molar-refractivity contribution in [1.82, 2.24) is 25.3 Å². The fourth-order valence-corrected chi connectivity index (χ4v) is 6.22. The van der Waals surface area contributed by atoms with Gasteiger partial charge in [-0.25, -0.2) is 4.39 Å². The standard InChI is InChI=1S/C35H40FN5O6/c1-22(42)38-27-18-28-21-47-31-12-10-26(36)17-29(31)35(46)40(3)30(11-13-32(43)39(2)15-14-33(44)41(28)20-27)34(45)37-19-23-8-9-24-6-4-5-7-25(24)16-23/h4-10,12,16-17,27-28,30H,11,13-15,18-21H2,1-3H3,(H,37,45)(H,38,42)/t27-,28+,30+/m1/s1. The van der Waals surface area contributed by atoms with Gasteiger partial charge in [0.05, 0.1) is 11.6 Å². The molecule has 0 unspecified atom stereocenters. The molecule has 3 atom stereocenters. The summed E-state index contributed by atoms with van der Waals surface area (Å²) in [5.41, 5.74) is 0.770. The minimum absolute atomic E-state index is 0.00101. The van der Waals surface area contributed by atoms with E-state index in [1.807, 2.05) is 42.5 Å². The Kier molecular flexibility index (Phi) is 10.4. The van der Waals surface area contributed by atoms with E-state index in [1.54, 1.807) is 11.9 Å². The number of fused-ring (bicyclic) bond motifs is 3. The predicted molar refractivity (Wildman–Crippen MR) is 173 cm³/mol. The van der Waals surface area contributed by atoms with Crippen molar-refractivity contribution in [3.63, 3.8) is 0 Å². The first kappa shape index (κ1) is 33.4. The second-order valence-corrected chi connectivity index (χ2v) is 12.2. The Morgan fingerprint density at radius 2 is 1.72 bits per heavy atom. The van der Waals surface area contributed by atoms with E-state index in [9.17, 15) is 28.4 Å². The summed E-state index contributed by atoms with van der Waals surface area (Å²) in [6, 6.07) is 15.5. The Bertz CT molecular complexity index is 1680. The molecule has 1 fully saturated rings. The number of ether oxygens (including phenoxy) is 1. The van der Waals surface area contributed by atoms with E-state index in [0.29, 0.717) is 6.42 Å². The second-order valence-electron chi connectivity index (χ2n) is 12.2. The molecule has 3 aromatic rings. The summed E-state index contributed by atoms with van der Waals surface area (Å²) in [7, 11) is 3.04. The Balaban J connectivity index is 1.40.